The summed E-state index contributed by atoms with van der Waals surface area (Å²) in [5, 5.41) is 12.2. The molecule has 3 rings (SSSR count). The van der Waals surface area contributed by atoms with Crippen LogP contribution < -0.4 is 5.32 Å². The van der Waals surface area contributed by atoms with Gasteiger partial charge < -0.3 is 10.4 Å². The molecule has 0 heterocycles. The number of aliphatic carboxylic acids is 1. The Morgan fingerprint density at radius 2 is 1.85 bits per heavy atom. The van der Waals surface area contributed by atoms with Crippen LogP contribution in [0.1, 0.15) is 24.3 Å². The summed E-state index contributed by atoms with van der Waals surface area (Å²) in [5.41, 5.74) is -2.09. The molecule has 2 aliphatic carbocycles. The van der Waals surface area contributed by atoms with Crippen LogP contribution in [0.15, 0.2) is 54.3 Å². The zero-order valence-corrected chi connectivity index (χ0v) is 13.5. The quantitative estimate of drug-likeness (QED) is 0.839. The van der Waals surface area contributed by atoms with Crippen LogP contribution in [0.3, 0.4) is 0 Å². The van der Waals surface area contributed by atoms with Crippen molar-refractivity contribution in [1.29, 1.82) is 0 Å². The van der Waals surface area contributed by atoms with Crippen LogP contribution in [0, 0.1) is 5.92 Å². The summed E-state index contributed by atoms with van der Waals surface area (Å²) in [6, 6.07) is 7.86. The highest BCUT2D eigenvalue weighted by Gasteiger charge is 2.54. The highest BCUT2D eigenvalue weighted by molar-refractivity contribution is 5.85. The first kappa shape index (κ1) is 18.2. The van der Waals surface area contributed by atoms with Gasteiger partial charge in [-0.2, -0.15) is 0 Å². The topological polar surface area (TPSA) is 75.6 Å². The Morgan fingerprint density at radius 3 is 2.38 bits per heavy atom. The third kappa shape index (κ3) is 3.80. The maximum absolute atomic E-state index is 12.9. The third-order valence-electron chi connectivity index (χ3n) is 4.31. The number of hydrogen-bond acceptors (Lipinski definition) is 3. The van der Waals surface area contributed by atoms with E-state index >= 15 is 0 Å². The van der Waals surface area contributed by atoms with Gasteiger partial charge in [0.05, 0.1) is 0 Å². The number of carbonyl (C=O) groups excluding carboxylic acids is 1. The zero-order chi connectivity index (χ0) is 18.9. The number of rotatable bonds is 5. The molecule has 1 aromatic rings. The number of hydrogen-bond donors (Lipinski definition) is 2. The molecular weight excluding hydrogens is 351 g/mol. The van der Waals surface area contributed by atoms with Gasteiger partial charge in [-0.3, -0.25) is 9.53 Å². The first-order valence-electron chi connectivity index (χ1n) is 7.98. The number of alkyl halides is 3. The smallest absolute Gasteiger partial charge is 0.479 e. The van der Waals surface area contributed by atoms with Crippen molar-refractivity contribution in [3.8, 4) is 0 Å². The lowest BCUT2D eigenvalue weighted by Crippen LogP contribution is -2.50. The van der Waals surface area contributed by atoms with Gasteiger partial charge in [0.25, 0.3) is 0 Å². The van der Waals surface area contributed by atoms with Gasteiger partial charge in [0.2, 0.25) is 11.5 Å². The lowest BCUT2D eigenvalue weighted by Gasteiger charge is -2.36. The molecule has 0 bridgehead atoms. The standard InChI is InChI=1S/C18H16F3NO4/c19-18(20,21)26-17(16(24)25)9-8-13(22-15(23)12-6-7-12)10-14(17)11-4-2-1-3-5-11/h1-5,8-10,12,14H,6-7H2,(H,22,23)(H,24,25). The van der Waals surface area contributed by atoms with Crippen LogP contribution in [-0.4, -0.2) is 28.9 Å². The Labute approximate surface area is 147 Å². The molecule has 0 radical (unpaired) electrons. The molecule has 0 aromatic heterocycles. The van der Waals surface area contributed by atoms with E-state index in [1.54, 1.807) is 18.2 Å². The first-order chi connectivity index (χ1) is 12.2. The average Bonchev–Trinajstić information content (AvgIpc) is 3.40. The molecule has 1 saturated carbocycles. The number of ether oxygens (including phenoxy) is 1. The summed E-state index contributed by atoms with van der Waals surface area (Å²) in [6.07, 6.45) is -0.362. The molecule has 5 nitrogen and oxygen atoms in total. The second-order valence-electron chi connectivity index (χ2n) is 6.25. The van der Waals surface area contributed by atoms with Crippen LogP contribution in [-0.2, 0) is 14.3 Å². The molecule has 0 spiro atoms. The molecule has 8 heteroatoms. The van der Waals surface area contributed by atoms with Gasteiger partial charge in [-0.05, 0) is 36.6 Å². The van der Waals surface area contributed by atoms with E-state index in [4.69, 9.17) is 0 Å². The van der Waals surface area contributed by atoms with Gasteiger partial charge in [0.1, 0.15) is 0 Å². The van der Waals surface area contributed by atoms with Crippen molar-refractivity contribution in [1.82, 2.24) is 5.32 Å². The number of amides is 1. The van der Waals surface area contributed by atoms with E-state index in [0.29, 0.717) is 5.56 Å². The Kier molecular flexibility index (Phi) is 4.62. The van der Waals surface area contributed by atoms with Gasteiger partial charge in [0, 0.05) is 17.5 Å². The van der Waals surface area contributed by atoms with Crippen molar-refractivity contribution in [3.05, 3.63) is 59.8 Å². The Bertz CT molecular complexity index is 768. The van der Waals surface area contributed by atoms with Crippen LogP contribution in [0.4, 0.5) is 13.2 Å². The number of nitrogens with one attached hydrogen (secondary N) is 1. The number of allylic oxidation sites excluding steroid dienone is 1. The van der Waals surface area contributed by atoms with Crippen molar-refractivity contribution in [3.63, 3.8) is 0 Å². The van der Waals surface area contributed by atoms with E-state index < -0.39 is 23.9 Å². The van der Waals surface area contributed by atoms with Crippen molar-refractivity contribution >= 4 is 11.9 Å². The number of halogens is 3. The largest absolute Gasteiger partial charge is 0.523 e. The normalized spacial score (nSPS) is 25.5. The number of benzene rings is 1. The monoisotopic (exact) mass is 367 g/mol. The molecule has 0 saturated heterocycles. The van der Waals surface area contributed by atoms with E-state index in [2.05, 4.69) is 10.1 Å². The van der Waals surface area contributed by atoms with Crippen molar-refractivity contribution in [2.75, 3.05) is 0 Å². The molecule has 138 valence electrons. The summed E-state index contributed by atoms with van der Waals surface area (Å²) >= 11 is 0. The molecule has 26 heavy (non-hydrogen) atoms. The van der Waals surface area contributed by atoms with Crippen molar-refractivity contribution in [2.24, 2.45) is 5.92 Å². The lowest BCUT2D eigenvalue weighted by atomic mass is 9.78. The Balaban J connectivity index is 2.00. The molecular formula is C18H16F3NO4. The summed E-state index contributed by atoms with van der Waals surface area (Å²) in [6.45, 7) is 0. The SMILES string of the molecule is O=C(NC1=CC(c2ccccc2)C(OC(F)(F)F)(C(=O)O)C=C1)C1CC1. The Morgan fingerprint density at radius 1 is 1.19 bits per heavy atom. The fourth-order valence-electron chi connectivity index (χ4n) is 2.89. The molecule has 2 unspecified atom stereocenters. The second kappa shape index (κ2) is 6.60. The minimum absolute atomic E-state index is 0.0999. The summed E-state index contributed by atoms with van der Waals surface area (Å²) in [7, 11) is 0. The number of carboxylic acids is 1. The summed E-state index contributed by atoms with van der Waals surface area (Å²) in [4.78, 5) is 23.7. The molecule has 2 atom stereocenters. The zero-order valence-electron chi connectivity index (χ0n) is 13.5. The number of carbonyl (C=O) groups is 2. The molecule has 2 N–H and O–H groups in total. The van der Waals surface area contributed by atoms with Gasteiger partial charge in [0.15, 0.2) is 0 Å². The van der Waals surface area contributed by atoms with Crippen LogP contribution in [0.2, 0.25) is 0 Å². The maximum Gasteiger partial charge on any atom is 0.523 e. The first-order valence-corrected chi connectivity index (χ1v) is 7.98. The predicted octanol–water partition coefficient (Wildman–Crippen LogP) is 3.11. The summed E-state index contributed by atoms with van der Waals surface area (Å²) in [5.74, 6) is -3.38. The van der Waals surface area contributed by atoms with Gasteiger partial charge in [-0.1, -0.05) is 30.3 Å². The van der Waals surface area contributed by atoms with E-state index in [9.17, 15) is 27.9 Å². The molecule has 1 fully saturated rings. The van der Waals surface area contributed by atoms with Crippen molar-refractivity contribution < 1.29 is 32.6 Å². The molecule has 0 aliphatic heterocycles. The van der Waals surface area contributed by atoms with Crippen LogP contribution in [0.5, 0.6) is 0 Å². The fourth-order valence-corrected chi connectivity index (χ4v) is 2.89. The summed E-state index contributed by atoms with van der Waals surface area (Å²) < 4.78 is 42.9. The fraction of sp³-hybridized carbons (Fsp3) is 0.333. The third-order valence-corrected chi connectivity index (χ3v) is 4.31. The predicted molar refractivity (Wildman–Crippen MR) is 84.8 cm³/mol. The van der Waals surface area contributed by atoms with Crippen LogP contribution >= 0.6 is 0 Å². The Hall–Kier alpha value is -2.61. The van der Waals surface area contributed by atoms with Gasteiger partial charge >= 0.3 is 12.3 Å². The van der Waals surface area contributed by atoms with Crippen molar-refractivity contribution in [2.45, 2.75) is 30.7 Å². The minimum atomic E-state index is -5.15. The van der Waals surface area contributed by atoms with Gasteiger partial charge in [-0.15, -0.1) is 13.2 Å². The van der Waals surface area contributed by atoms with E-state index in [-0.39, 0.29) is 17.5 Å². The highest BCUT2D eigenvalue weighted by Crippen LogP contribution is 2.42. The molecule has 2 aliphatic rings. The van der Waals surface area contributed by atoms with E-state index in [0.717, 1.165) is 25.0 Å². The molecule has 1 amide bonds. The van der Waals surface area contributed by atoms with E-state index in [1.165, 1.54) is 18.2 Å². The number of carboxylic acid groups (broad SMARTS) is 1. The maximum atomic E-state index is 12.9. The average molecular weight is 367 g/mol. The van der Waals surface area contributed by atoms with Crippen LogP contribution in [0.25, 0.3) is 0 Å². The highest BCUT2D eigenvalue weighted by atomic mass is 19.4. The lowest BCUT2D eigenvalue weighted by molar-refractivity contribution is -0.356. The molecule has 1 aromatic carbocycles. The second-order valence-corrected chi connectivity index (χ2v) is 6.25. The van der Waals surface area contributed by atoms with E-state index in [1.807, 2.05) is 0 Å². The minimum Gasteiger partial charge on any atom is -0.479 e. The van der Waals surface area contributed by atoms with Gasteiger partial charge in [-0.25, -0.2) is 4.79 Å².